The molecule has 1 N–H and O–H groups in total. The van der Waals surface area contributed by atoms with Crippen LogP contribution in [-0.4, -0.2) is 11.2 Å². The van der Waals surface area contributed by atoms with Crippen molar-refractivity contribution in [3.05, 3.63) is 0 Å². The van der Waals surface area contributed by atoms with E-state index < -0.39 is 0 Å². The Morgan fingerprint density at radius 3 is 2.50 bits per heavy atom. The third kappa shape index (κ3) is 2.01. The molecule has 0 aromatic carbocycles. The highest BCUT2D eigenvalue weighted by Crippen LogP contribution is 2.38. The van der Waals surface area contributed by atoms with Gasteiger partial charge in [-0.1, -0.05) is 33.6 Å². The third-order valence-electron chi connectivity index (χ3n) is 3.42. The van der Waals surface area contributed by atoms with Gasteiger partial charge in [-0.2, -0.15) is 0 Å². The summed E-state index contributed by atoms with van der Waals surface area (Å²) in [6.07, 6.45) is 4.75. The van der Waals surface area contributed by atoms with Crippen molar-refractivity contribution in [2.24, 2.45) is 17.8 Å². The Kier molecular flexibility index (Phi) is 3.57. The minimum Gasteiger partial charge on any atom is -0.393 e. The fourth-order valence-electron chi connectivity index (χ4n) is 2.79. The molecule has 0 radical (unpaired) electrons. The van der Waals surface area contributed by atoms with Gasteiger partial charge in [-0.05, 0) is 30.6 Å². The van der Waals surface area contributed by atoms with Gasteiger partial charge in [-0.15, -0.1) is 0 Å². The van der Waals surface area contributed by atoms with Crippen LogP contribution < -0.4 is 0 Å². The Hall–Kier alpha value is -0.0400. The van der Waals surface area contributed by atoms with Crippen LogP contribution in [0.5, 0.6) is 0 Å². The normalized spacial score (nSPS) is 38.5. The van der Waals surface area contributed by atoms with Gasteiger partial charge in [-0.25, -0.2) is 0 Å². The maximum Gasteiger partial charge on any atom is 0.0573 e. The largest absolute Gasteiger partial charge is 0.393 e. The van der Waals surface area contributed by atoms with E-state index in [1.165, 1.54) is 19.3 Å². The van der Waals surface area contributed by atoms with E-state index in [4.69, 9.17) is 0 Å². The van der Waals surface area contributed by atoms with Gasteiger partial charge in [-0.3, -0.25) is 0 Å². The summed E-state index contributed by atoms with van der Waals surface area (Å²) < 4.78 is 0. The summed E-state index contributed by atoms with van der Waals surface area (Å²) in [5.41, 5.74) is 0. The average molecular weight is 170 g/mol. The van der Waals surface area contributed by atoms with Crippen LogP contribution in [0.4, 0.5) is 0 Å². The van der Waals surface area contributed by atoms with Crippen LogP contribution in [0.1, 0.15) is 46.5 Å². The van der Waals surface area contributed by atoms with E-state index in [9.17, 15) is 5.11 Å². The maximum atomic E-state index is 9.76. The van der Waals surface area contributed by atoms with E-state index in [0.29, 0.717) is 11.8 Å². The molecule has 4 unspecified atom stereocenters. The molecule has 1 fully saturated rings. The molecule has 0 spiro atoms. The van der Waals surface area contributed by atoms with Crippen LogP contribution in [0.2, 0.25) is 0 Å². The van der Waals surface area contributed by atoms with Crippen LogP contribution in [0.25, 0.3) is 0 Å². The predicted octanol–water partition coefficient (Wildman–Crippen LogP) is 2.83. The zero-order chi connectivity index (χ0) is 9.14. The molecular weight excluding hydrogens is 148 g/mol. The van der Waals surface area contributed by atoms with E-state index >= 15 is 0 Å². The SMILES string of the molecule is CCCC(C)C1C(C)CCC1O. The third-order valence-corrected chi connectivity index (χ3v) is 3.42. The van der Waals surface area contributed by atoms with E-state index in [1.807, 2.05) is 0 Å². The van der Waals surface area contributed by atoms with Crippen LogP contribution >= 0.6 is 0 Å². The van der Waals surface area contributed by atoms with Crippen LogP contribution in [-0.2, 0) is 0 Å². The first-order valence-electron chi connectivity index (χ1n) is 5.34. The molecule has 1 saturated carbocycles. The zero-order valence-corrected chi connectivity index (χ0v) is 8.59. The summed E-state index contributed by atoms with van der Waals surface area (Å²) in [6.45, 7) is 6.80. The number of hydrogen-bond acceptors (Lipinski definition) is 1. The lowest BCUT2D eigenvalue weighted by molar-refractivity contribution is 0.0834. The molecule has 0 aromatic heterocycles. The fraction of sp³-hybridized carbons (Fsp3) is 1.00. The summed E-state index contributed by atoms with van der Waals surface area (Å²) in [7, 11) is 0. The van der Waals surface area contributed by atoms with Crippen molar-refractivity contribution in [1.82, 2.24) is 0 Å². The molecule has 1 aliphatic rings. The Labute approximate surface area is 76.2 Å². The highest BCUT2D eigenvalue weighted by Gasteiger charge is 2.35. The molecule has 1 rings (SSSR count). The van der Waals surface area contributed by atoms with E-state index in [0.717, 1.165) is 12.3 Å². The zero-order valence-electron chi connectivity index (χ0n) is 8.59. The quantitative estimate of drug-likeness (QED) is 0.690. The van der Waals surface area contributed by atoms with Gasteiger partial charge < -0.3 is 5.11 Å². The molecular formula is C11H22O. The molecule has 4 atom stereocenters. The molecule has 0 saturated heterocycles. The summed E-state index contributed by atoms with van der Waals surface area (Å²) in [5, 5.41) is 9.76. The first-order chi connectivity index (χ1) is 5.66. The van der Waals surface area contributed by atoms with Gasteiger partial charge in [0, 0.05) is 0 Å². The van der Waals surface area contributed by atoms with Gasteiger partial charge >= 0.3 is 0 Å². The van der Waals surface area contributed by atoms with Gasteiger partial charge in [0.25, 0.3) is 0 Å². The highest BCUT2D eigenvalue weighted by molar-refractivity contribution is 4.85. The second kappa shape index (κ2) is 4.27. The molecule has 0 aliphatic heterocycles. The van der Waals surface area contributed by atoms with E-state index in [1.54, 1.807) is 0 Å². The minimum atomic E-state index is -0.0125. The predicted molar refractivity (Wildman–Crippen MR) is 52.0 cm³/mol. The van der Waals surface area contributed by atoms with Crippen molar-refractivity contribution >= 4 is 0 Å². The summed E-state index contributed by atoms with van der Waals surface area (Å²) in [6, 6.07) is 0. The van der Waals surface area contributed by atoms with Gasteiger partial charge in [0.1, 0.15) is 0 Å². The maximum absolute atomic E-state index is 9.76. The number of aliphatic hydroxyl groups is 1. The van der Waals surface area contributed by atoms with Crippen molar-refractivity contribution in [2.75, 3.05) is 0 Å². The number of aliphatic hydroxyl groups excluding tert-OH is 1. The molecule has 0 bridgehead atoms. The van der Waals surface area contributed by atoms with Crippen LogP contribution in [0, 0.1) is 17.8 Å². The van der Waals surface area contributed by atoms with E-state index in [-0.39, 0.29) is 6.10 Å². The fourth-order valence-corrected chi connectivity index (χ4v) is 2.79. The molecule has 12 heavy (non-hydrogen) atoms. The van der Waals surface area contributed by atoms with E-state index in [2.05, 4.69) is 20.8 Å². The van der Waals surface area contributed by atoms with Crippen molar-refractivity contribution in [3.63, 3.8) is 0 Å². The highest BCUT2D eigenvalue weighted by atomic mass is 16.3. The summed E-state index contributed by atoms with van der Waals surface area (Å²) in [4.78, 5) is 0. The van der Waals surface area contributed by atoms with Gasteiger partial charge in [0.15, 0.2) is 0 Å². The molecule has 0 heterocycles. The second-order valence-electron chi connectivity index (χ2n) is 4.47. The second-order valence-corrected chi connectivity index (χ2v) is 4.47. The van der Waals surface area contributed by atoms with Crippen molar-refractivity contribution < 1.29 is 5.11 Å². The van der Waals surface area contributed by atoms with Crippen LogP contribution in [0.3, 0.4) is 0 Å². The van der Waals surface area contributed by atoms with Crippen molar-refractivity contribution in [1.29, 1.82) is 0 Å². The van der Waals surface area contributed by atoms with Crippen molar-refractivity contribution in [2.45, 2.75) is 52.6 Å². The smallest absolute Gasteiger partial charge is 0.0573 e. The van der Waals surface area contributed by atoms with Gasteiger partial charge in [0.2, 0.25) is 0 Å². The summed E-state index contributed by atoms with van der Waals surface area (Å²) >= 11 is 0. The number of rotatable bonds is 3. The lowest BCUT2D eigenvalue weighted by Crippen LogP contribution is -2.24. The topological polar surface area (TPSA) is 20.2 Å². The first kappa shape index (κ1) is 10.0. The molecule has 1 aliphatic carbocycles. The summed E-state index contributed by atoms with van der Waals surface area (Å²) in [5.74, 6) is 2.02. The first-order valence-corrected chi connectivity index (χ1v) is 5.34. The van der Waals surface area contributed by atoms with Crippen molar-refractivity contribution in [3.8, 4) is 0 Å². The molecule has 72 valence electrons. The molecule has 1 nitrogen and oxygen atoms in total. The Balaban J connectivity index is 2.47. The Bertz CT molecular complexity index is 123. The van der Waals surface area contributed by atoms with Gasteiger partial charge in [0.05, 0.1) is 6.10 Å². The minimum absolute atomic E-state index is 0.0125. The Morgan fingerprint density at radius 2 is 2.08 bits per heavy atom. The average Bonchev–Trinajstić information content (AvgIpc) is 2.32. The lowest BCUT2D eigenvalue weighted by atomic mass is 9.82. The molecule has 0 aromatic rings. The standard InChI is InChI=1S/C11H22O/c1-4-5-8(2)11-9(3)6-7-10(11)12/h8-12H,4-7H2,1-3H3. The van der Waals surface area contributed by atoms with Crippen LogP contribution in [0.15, 0.2) is 0 Å². The lowest BCUT2D eigenvalue weighted by Gasteiger charge is -2.25. The number of hydrogen-bond donors (Lipinski definition) is 1. The molecule has 1 heteroatoms. The molecule has 0 amide bonds. The monoisotopic (exact) mass is 170 g/mol. The Morgan fingerprint density at radius 1 is 1.42 bits per heavy atom.